The highest BCUT2D eigenvalue weighted by Gasteiger charge is 2.25. The molecular formula is C21H25NO8. The summed E-state index contributed by atoms with van der Waals surface area (Å²) in [6, 6.07) is 3.54. The summed E-state index contributed by atoms with van der Waals surface area (Å²) in [4.78, 5) is 46.2. The van der Waals surface area contributed by atoms with Gasteiger partial charge in [0.25, 0.3) is 5.91 Å². The van der Waals surface area contributed by atoms with Crippen molar-refractivity contribution in [2.75, 3.05) is 0 Å². The number of benzene rings is 1. The monoisotopic (exact) mass is 419 g/mol. The Balaban J connectivity index is 2.21. The minimum Gasteiger partial charge on any atom is -0.481 e. The number of carbonyl (C=O) groups excluding carboxylic acids is 1. The van der Waals surface area contributed by atoms with Crippen molar-refractivity contribution < 1.29 is 33.8 Å². The van der Waals surface area contributed by atoms with Gasteiger partial charge >= 0.3 is 17.6 Å². The first-order chi connectivity index (χ1) is 14.1. The topological polar surface area (TPSA) is 143 Å². The van der Waals surface area contributed by atoms with Gasteiger partial charge in [0.2, 0.25) is 0 Å². The van der Waals surface area contributed by atoms with Crippen LogP contribution >= 0.6 is 0 Å². The lowest BCUT2D eigenvalue weighted by molar-refractivity contribution is -0.144. The number of hydrogen-bond donors (Lipinski definition) is 3. The van der Waals surface area contributed by atoms with Gasteiger partial charge in [-0.25, -0.2) is 9.59 Å². The van der Waals surface area contributed by atoms with Gasteiger partial charge in [-0.05, 0) is 44.4 Å². The summed E-state index contributed by atoms with van der Waals surface area (Å²) in [6.07, 6.45) is -0.121. The molecule has 2 atom stereocenters. The highest BCUT2D eigenvalue weighted by atomic mass is 16.5. The SMILES string of the molecule is CCCc1cc(=O)oc2c(C)c(OC(C)C(=O)NC(CCC(=O)O)C(=O)O)ccc12. The molecule has 162 valence electrons. The number of amides is 1. The zero-order chi connectivity index (χ0) is 22.4. The van der Waals surface area contributed by atoms with Gasteiger partial charge < -0.3 is 24.7 Å². The molecule has 9 heteroatoms. The van der Waals surface area contributed by atoms with Gasteiger partial charge in [-0.15, -0.1) is 0 Å². The Morgan fingerprint density at radius 2 is 1.93 bits per heavy atom. The number of rotatable bonds is 10. The lowest BCUT2D eigenvalue weighted by Crippen LogP contribution is -2.46. The third-order valence-electron chi connectivity index (χ3n) is 4.65. The normalized spacial score (nSPS) is 12.9. The second-order valence-corrected chi connectivity index (χ2v) is 7.00. The Hall–Kier alpha value is -3.36. The van der Waals surface area contributed by atoms with E-state index in [1.165, 1.54) is 13.0 Å². The lowest BCUT2D eigenvalue weighted by atomic mass is 10.0. The fourth-order valence-corrected chi connectivity index (χ4v) is 3.07. The van der Waals surface area contributed by atoms with Gasteiger partial charge in [-0.2, -0.15) is 0 Å². The predicted octanol–water partition coefficient (Wildman–Crippen LogP) is 2.26. The Morgan fingerprint density at radius 3 is 2.53 bits per heavy atom. The maximum Gasteiger partial charge on any atom is 0.336 e. The zero-order valence-corrected chi connectivity index (χ0v) is 17.1. The number of carboxylic acid groups (broad SMARTS) is 2. The first kappa shape index (κ1) is 22.9. The minimum atomic E-state index is -1.34. The van der Waals surface area contributed by atoms with Crippen molar-refractivity contribution in [3.8, 4) is 5.75 Å². The van der Waals surface area contributed by atoms with E-state index in [0.29, 0.717) is 23.3 Å². The quantitative estimate of drug-likeness (QED) is 0.498. The van der Waals surface area contributed by atoms with Crippen LogP contribution in [-0.4, -0.2) is 40.2 Å². The first-order valence-electron chi connectivity index (χ1n) is 9.62. The summed E-state index contributed by atoms with van der Waals surface area (Å²) in [5, 5.41) is 21.0. The first-order valence-corrected chi connectivity index (χ1v) is 9.62. The smallest absolute Gasteiger partial charge is 0.336 e. The average molecular weight is 419 g/mol. The van der Waals surface area contributed by atoms with E-state index in [0.717, 1.165) is 17.4 Å². The van der Waals surface area contributed by atoms with Crippen LogP contribution in [0.15, 0.2) is 27.4 Å². The summed E-state index contributed by atoms with van der Waals surface area (Å²) < 4.78 is 11.0. The number of ether oxygens (including phenoxy) is 1. The van der Waals surface area contributed by atoms with Crippen LogP contribution in [0.2, 0.25) is 0 Å². The molecule has 3 N–H and O–H groups in total. The van der Waals surface area contributed by atoms with E-state index < -0.39 is 42.0 Å². The Bertz CT molecular complexity index is 1010. The number of carbonyl (C=O) groups is 3. The molecule has 1 amide bonds. The second kappa shape index (κ2) is 9.91. The maximum absolute atomic E-state index is 12.4. The number of nitrogens with one attached hydrogen (secondary N) is 1. The van der Waals surface area contributed by atoms with Crippen molar-refractivity contribution in [2.24, 2.45) is 0 Å². The van der Waals surface area contributed by atoms with Crippen LogP contribution in [0.4, 0.5) is 0 Å². The van der Waals surface area contributed by atoms with Gasteiger partial charge in [0, 0.05) is 23.4 Å². The van der Waals surface area contributed by atoms with Crippen LogP contribution < -0.4 is 15.7 Å². The molecule has 2 aromatic rings. The molecule has 0 saturated heterocycles. The molecule has 0 bridgehead atoms. The molecule has 0 aliphatic carbocycles. The molecule has 1 aromatic carbocycles. The number of aliphatic carboxylic acids is 2. The maximum atomic E-state index is 12.4. The largest absolute Gasteiger partial charge is 0.481 e. The standard InChI is InChI=1S/C21H25NO8/c1-4-5-13-10-18(25)30-19-11(2)16(8-6-14(13)19)29-12(3)20(26)22-15(21(27)28)7-9-17(23)24/h6,8,10,12,15H,4-5,7,9H2,1-3H3,(H,22,26)(H,23,24)(H,27,28). The van der Waals surface area contributed by atoms with E-state index in [4.69, 9.17) is 14.3 Å². The summed E-state index contributed by atoms with van der Waals surface area (Å²) in [6.45, 7) is 5.15. The third-order valence-corrected chi connectivity index (χ3v) is 4.65. The molecular weight excluding hydrogens is 394 g/mol. The van der Waals surface area contributed by atoms with E-state index >= 15 is 0 Å². The highest BCUT2D eigenvalue weighted by Crippen LogP contribution is 2.29. The summed E-state index contributed by atoms with van der Waals surface area (Å²) >= 11 is 0. The molecule has 0 radical (unpaired) electrons. The van der Waals surface area contributed by atoms with Gasteiger partial charge in [0.15, 0.2) is 6.10 Å². The van der Waals surface area contributed by atoms with Crippen molar-refractivity contribution in [3.05, 3.63) is 39.7 Å². The van der Waals surface area contributed by atoms with Crippen LogP contribution in [-0.2, 0) is 20.8 Å². The molecule has 9 nitrogen and oxygen atoms in total. The molecule has 0 aliphatic heterocycles. The zero-order valence-electron chi connectivity index (χ0n) is 17.1. The van der Waals surface area contributed by atoms with E-state index in [1.54, 1.807) is 19.1 Å². The molecule has 30 heavy (non-hydrogen) atoms. The van der Waals surface area contributed by atoms with Crippen molar-refractivity contribution >= 4 is 28.8 Å². The summed E-state index contributed by atoms with van der Waals surface area (Å²) in [7, 11) is 0. The van der Waals surface area contributed by atoms with Gasteiger partial charge in [0.1, 0.15) is 17.4 Å². The van der Waals surface area contributed by atoms with Crippen molar-refractivity contribution in [3.63, 3.8) is 0 Å². The fraction of sp³-hybridized carbons (Fsp3) is 0.429. The van der Waals surface area contributed by atoms with E-state index in [-0.39, 0.29) is 6.42 Å². The van der Waals surface area contributed by atoms with Crippen molar-refractivity contribution in [1.29, 1.82) is 0 Å². The average Bonchev–Trinajstić information content (AvgIpc) is 2.67. The number of fused-ring (bicyclic) bond motifs is 1. The third kappa shape index (κ3) is 5.59. The van der Waals surface area contributed by atoms with E-state index in [2.05, 4.69) is 5.32 Å². The minimum absolute atomic E-state index is 0.247. The molecule has 0 saturated carbocycles. The van der Waals surface area contributed by atoms with Gasteiger partial charge in [-0.1, -0.05) is 13.3 Å². The second-order valence-electron chi connectivity index (χ2n) is 7.00. The van der Waals surface area contributed by atoms with Gasteiger partial charge in [-0.3, -0.25) is 9.59 Å². The number of hydrogen-bond acceptors (Lipinski definition) is 6. The van der Waals surface area contributed by atoms with Crippen LogP contribution in [0.1, 0.15) is 44.2 Å². The molecule has 0 fully saturated rings. The van der Waals surface area contributed by atoms with Gasteiger partial charge in [0.05, 0.1) is 0 Å². The molecule has 0 aliphatic rings. The van der Waals surface area contributed by atoms with E-state index in [9.17, 15) is 24.3 Å². The molecule has 0 spiro atoms. The summed E-state index contributed by atoms with van der Waals surface area (Å²) in [5.41, 5.74) is 1.32. The fourth-order valence-electron chi connectivity index (χ4n) is 3.07. The van der Waals surface area contributed by atoms with E-state index in [1.807, 2.05) is 6.92 Å². The molecule has 2 rings (SSSR count). The number of aryl methyl sites for hydroxylation is 2. The molecule has 2 unspecified atom stereocenters. The summed E-state index contributed by atoms with van der Waals surface area (Å²) in [5.74, 6) is -2.87. The predicted molar refractivity (Wildman–Crippen MR) is 108 cm³/mol. The lowest BCUT2D eigenvalue weighted by Gasteiger charge is -2.20. The highest BCUT2D eigenvalue weighted by molar-refractivity contribution is 5.87. The Morgan fingerprint density at radius 1 is 1.23 bits per heavy atom. The van der Waals surface area contributed by atoms with Crippen molar-refractivity contribution in [2.45, 2.75) is 58.6 Å². The van der Waals surface area contributed by atoms with Crippen LogP contribution in [0.25, 0.3) is 11.0 Å². The Labute approximate surface area is 172 Å². The van der Waals surface area contributed by atoms with Crippen LogP contribution in [0.3, 0.4) is 0 Å². The van der Waals surface area contributed by atoms with Crippen LogP contribution in [0.5, 0.6) is 5.75 Å². The number of carboxylic acids is 2. The molecule has 1 aromatic heterocycles. The van der Waals surface area contributed by atoms with Crippen LogP contribution in [0, 0.1) is 6.92 Å². The van der Waals surface area contributed by atoms with Crippen molar-refractivity contribution in [1.82, 2.24) is 5.32 Å². The Kier molecular flexibility index (Phi) is 7.57. The molecule has 1 heterocycles.